The minimum atomic E-state index is -0.673. The quantitative estimate of drug-likeness (QED) is 0.0706. The van der Waals surface area contributed by atoms with Gasteiger partial charge in [0.1, 0.15) is 17.0 Å². The van der Waals surface area contributed by atoms with Gasteiger partial charge in [0, 0.05) is 31.6 Å². The summed E-state index contributed by atoms with van der Waals surface area (Å²) in [5.41, 5.74) is 5.14. The normalized spacial score (nSPS) is 11.1. The molecule has 12 heteroatoms. The third-order valence-corrected chi connectivity index (χ3v) is 7.51. The van der Waals surface area contributed by atoms with Crippen molar-refractivity contribution in [2.45, 2.75) is 6.92 Å². The Labute approximate surface area is 272 Å². The standard InChI is InChI=1S/C32H23Cl4N3O5/c1-3-43-27-12-17(8-10-26(27)44-32(41)21-13-18(33)9-11-25(21)42-2)16-37-39-31(40)30-28(20-6-4-5-7-23(20)35)22-14-19(34)15-24(36)29(22)38-30/h4-16,38H,3H2,1-2H3,(H,39,40). The Morgan fingerprint density at radius 1 is 0.886 bits per heavy atom. The first-order valence-corrected chi connectivity index (χ1v) is 14.6. The Kier molecular flexibility index (Phi) is 9.66. The number of carbonyl (C=O) groups excluding carboxylic acids is 2. The number of benzene rings is 4. The molecular weight excluding hydrogens is 648 g/mol. The third kappa shape index (κ3) is 6.64. The third-order valence-electron chi connectivity index (χ3n) is 6.43. The van der Waals surface area contributed by atoms with E-state index in [0.717, 1.165) is 0 Å². The van der Waals surface area contributed by atoms with Gasteiger partial charge in [-0.05, 0) is 67.1 Å². The lowest BCUT2D eigenvalue weighted by molar-refractivity contribution is 0.0724. The van der Waals surface area contributed by atoms with E-state index in [4.69, 9.17) is 60.6 Å². The van der Waals surface area contributed by atoms with E-state index >= 15 is 0 Å². The van der Waals surface area contributed by atoms with Crippen LogP contribution in [0.25, 0.3) is 22.0 Å². The Morgan fingerprint density at radius 2 is 1.66 bits per heavy atom. The first kappa shape index (κ1) is 31.2. The van der Waals surface area contributed by atoms with Gasteiger partial charge in [0.2, 0.25) is 0 Å². The molecule has 1 heterocycles. The maximum atomic E-state index is 13.4. The van der Waals surface area contributed by atoms with Gasteiger partial charge in [0.05, 0.1) is 30.5 Å². The maximum absolute atomic E-state index is 13.4. The molecule has 1 aromatic heterocycles. The van der Waals surface area contributed by atoms with Crippen molar-refractivity contribution in [1.82, 2.24) is 10.4 Å². The van der Waals surface area contributed by atoms with E-state index < -0.39 is 11.9 Å². The van der Waals surface area contributed by atoms with Gasteiger partial charge >= 0.3 is 5.97 Å². The monoisotopic (exact) mass is 669 g/mol. The smallest absolute Gasteiger partial charge is 0.347 e. The highest BCUT2D eigenvalue weighted by molar-refractivity contribution is 6.40. The fourth-order valence-corrected chi connectivity index (χ4v) is 5.45. The number of ether oxygens (including phenoxy) is 3. The largest absolute Gasteiger partial charge is 0.496 e. The lowest BCUT2D eigenvalue weighted by Gasteiger charge is -2.13. The second-order valence-corrected chi connectivity index (χ2v) is 10.9. The Bertz CT molecular complexity index is 1920. The molecule has 0 aliphatic carbocycles. The van der Waals surface area contributed by atoms with Crippen LogP contribution in [0.15, 0.2) is 77.9 Å². The van der Waals surface area contributed by atoms with E-state index in [1.165, 1.54) is 19.4 Å². The zero-order valence-corrected chi connectivity index (χ0v) is 26.2. The van der Waals surface area contributed by atoms with Crippen molar-refractivity contribution in [2.75, 3.05) is 13.7 Å². The van der Waals surface area contributed by atoms with Crippen molar-refractivity contribution >= 4 is 75.4 Å². The van der Waals surface area contributed by atoms with Crippen molar-refractivity contribution in [2.24, 2.45) is 5.10 Å². The van der Waals surface area contributed by atoms with E-state index in [1.807, 2.05) is 6.07 Å². The predicted molar refractivity (Wildman–Crippen MR) is 174 cm³/mol. The zero-order chi connectivity index (χ0) is 31.4. The van der Waals surface area contributed by atoms with Gasteiger partial charge in [0.25, 0.3) is 5.91 Å². The second-order valence-electron chi connectivity index (χ2n) is 9.24. The number of H-pyrrole nitrogens is 1. The summed E-state index contributed by atoms with van der Waals surface area (Å²) in [6.07, 6.45) is 1.42. The molecule has 0 aliphatic rings. The molecule has 8 nitrogen and oxygen atoms in total. The fraction of sp³-hybridized carbons (Fsp3) is 0.0938. The van der Waals surface area contributed by atoms with Gasteiger partial charge in [-0.15, -0.1) is 0 Å². The second kappa shape index (κ2) is 13.6. The number of carbonyl (C=O) groups is 2. The van der Waals surface area contributed by atoms with Crippen LogP contribution in [-0.2, 0) is 0 Å². The van der Waals surface area contributed by atoms with E-state index in [-0.39, 0.29) is 17.0 Å². The summed E-state index contributed by atoms with van der Waals surface area (Å²) in [5, 5.41) is 6.31. The van der Waals surface area contributed by atoms with Gasteiger partial charge < -0.3 is 19.2 Å². The van der Waals surface area contributed by atoms with Crippen molar-refractivity contribution < 1.29 is 23.8 Å². The molecule has 2 N–H and O–H groups in total. The van der Waals surface area contributed by atoms with Crippen LogP contribution in [0.3, 0.4) is 0 Å². The lowest BCUT2D eigenvalue weighted by Crippen LogP contribution is -2.19. The molecule has 1 amide bonds. The van der Waals surface area contributed by atoms with Crippen LogP contribution < -0.4 is 19.6 Å². The molecule has 0 atom stereocenters. The number of hydrogen-bond donors (Lipinski definition) is 2. The molecular formula is C32H23Cl4N3O5. The number of nitrogens with one attached hydrogen (secondary N) is 2. The van der Waals surface area contributed by atoms with Crippen LogP contribution in [0.4, 0.5) is 0 Å². The number of halogens is 4. The van der Waals surface area contributed by atoms with E-state index in [1.54, 1.807) is 67.6 Å². The number of methoxy groups -OCH3 is 1. The first-order chi connectivity index (χ1) is 21.2. The maximum Gasteiger partial charge on any atom is 0.347 e. The highest BCUT2D eigenvalue weighted by Gasteiger charge is 2.23. The van der Waals surface area contributed by atoms with Crippen molar-refractivity contribution in [3.05, 3.63) is 110 Å². The molecule has 5 aromatic rings. The minimum absolute atomic E-state index is 0.160. The highest BCUT2D eigenvalue weighted by atomic mass is 35.5. The number of esters is 1. The number of nitrogens with zero attached hydrogens (tertiary/aromatic N) is 1. The molecule has 0 bridgehead atoms. The molecule has 5 rings (SSSR count). The van der Waals surface area contributed by atoms with Crippen molar-refractivity contribution in [1.29, 1.82) is 0 Å². The molecule has 0 spiro atoms. The van der Waals surface area contributed by atoms with Gasteiger partial charge in [0.15, 0.2) is 11.5 Å². The molecule has 0 saturated heterocycles. The van der Waals surface area contributed by atoms with E-state index in [2.05, 4.69) is 15.5 Å². The Hall–Kier alpha value is -4.21. The molecule has 44 heavy (non-hydrogen) atoms. The van der Waals surface area contributed by atoms with Gasteiger partial charge in [-0.3, -0.25) is 4.79 Å². The topological polar surface area (TPSA) is 102 Å². The van der Waals surface area contributed by atoms with Gasteiger partial charge in [-0.2, -0.15) is 5.10 Å². The Balaban J connectivity index is 1.40. The van der Waals surface area contributed by atoms with Crippen LogP contribution in [0.1, 0.15) is 33.3 Å². The summed E-state index contributed by atoms with van der Waals surface area (Å²) in [7, 11) is 1.44. The number of hydrazone groups is 1. The SMILES string of the molecule is CCOc1cc(C=NNC(=O)c2[nH]c3c(Cl)cc(Cl)cc3c2-c2ccccc2Cl)ccc1OC(=O)c1cc(Cl)ccc1OC. The van der Waals surface area contributed by atoms with E-state index in [9.17, 15) is 9.59 Å². The van der Waals surface area contributed by atoms with E-state index in [0.29, 0.717) is 65.8 Å². The average Bonchev–Trinajstić information content (AvgIpc) is 3.38. The van der Waals surface area contributed by atoms with Crippen molar-refractivity contribution in [3.63, 3.8) is 0 Å². The van der Waals surface area contributed by atoms with Crippen LogP contribution in [0.5, 0.6) is 17.2 Å². The first-order valence-electron chi connectivity index (χ1n) is 13.1. The zero-order valence-electron chi connectivity index (χ0n) is 23.2. The van der Waals surface area contributed by atoms with Gasteiger partial charge in [-0.1, -0.05) is 64.6 Å². The summed E-state index contributed by atoms with van der Waals surface area (Å²) >= 11 is 25.3. The van der Waals surface area contributed by atoms with Gasteiger partial charge in [-0.25, -0.2) is 10.2 Å². The van der Waals surface area contributed by atoms with Crippen LogP contribution >= 0.6 is 46.4 Å². The fourth-order valence-electron chi connectivity index (χ4n) is 4.51. The predicted octanol–water partition coefficient (Wildman–Crippen LogP) is 8.84. The number of rotatable bonds is 9. The van der Waals surface area contributed by atoms with Crippen molar-refractivity contribution in [3.8, 4) is 28.4 Å². The molecule has 0 radical (unpaired) electrons. The number of amides is 1. The molecule has 0 unspecified atom stereocenters. The van der Waals surface area contributed by atoms with Crippen LogP contribution in [0, 0.1) is 0 Å². The Morgan fingerprint density at radius 3 is 2.41 bits per heavy atom. The van der Waals surface area contributed by atoms with Crippen LogP contribution in [-0.4, -0.2) is 36.8 Å². The number of hydrogen-bond acceptors (Lipinski definition) is 6. The number of aromatic amines is 1. The molecule has 0 fully saturated rings. The summed E-state index contributed by atoms with van der Waals surface area (Å²) in [6, 6.07) is 19.9. The average molecular weight is 671 g/mol. The number of aromatic nitrogens is 1. The molecule has 0 saturated carbocycles. The summed E-state index contributed by atoms with van der Waals surface area (Å²) in [5.74, 6) is -0.424. The highest BCUT2D eigenvalue weighted by Crippen LogP contribution is 2.40. The number of fused-ring (bicyclic) bond motifs is 1. The summed E-state index contributed by atoms with van der Waals surface area (Å²) in [6.45, 7) is 2.10. The lowest BCUT2D eigenvalue weighted by atomic mass is 10.0. The molecule has 224 valence electrons. The molecule has 4 aromatic carbocycles. The summed E-state index contributed by atoms with van der Waals surface area (Å²) in [4.78, 5) is 29.4. The minimum Gasteiger partial charge on any atom is -0.496 e. The summed E-state index contributed by atoms with van der Waals surface area (Å²) < 4.78 is 16.5. The van der Waals surface area contributed by atoms with Crippen LogP contribution in [0.2, 0.25) is 20.1 Å². The molecule has 0 aliphatic heterocycles.